The fourth-order valence-electron chi connectivity index (χ4n) is 2.97. The summed E-state index contributed by atoms with van der Waals surface area (Å²) in [5.74, 6) is 2.59. The number of aromatic nitrogens is 6. The molecule has 0 bridgehead atoms. The molecule has 0 saturated carbocycles. The molecule has 2 aliphatic rings. The SMILES string of the molecule is C1=CCCC(C2=COC=C(c3nnc(SCc4cccc(-c5nnn[nH]5)c4)o3)O2)=C1. The molecule has 0 fully saturated rings. The second kappa shape index (κ2) is 8.37. The first kappa shape index (κ1) is 18.4. The number of tetrazole rings is 1. The lowest BCUT2D eigenvalue weighted by molar-refractivity contribution is 0.271. The van der Waals surface area contributed by atoms with Crippen LogP contribution in [0.5, 0.6) is 0 Å². The number of aromatic amines is 1. The normalized spacial score (nSPS) is 15.7. The molecule has 0 radical (unpaired) electrons. The Kier molecular flexibility index (Phi) is 5.13. The summed E-state index contributed by atoms with van der Waals surface area (Å²) in [7, 11) is 0. The Balaban J connectivity index is 1.23. The summed E-state index contributed by atoms with van der Waals surface area (Å²) in [5, 5.41) is 22.5. The number of allylic oxidation sites excluding steroid dienone is 4. The summed E-state index contributed by atoms with van der Waals surface area (Å²) in [6.45, 7) is 0. The van der Waals surface area contributed by atoms with Crippen molar-refractivity contribution in [3.05, 3.63) is 77.8 Å². The highest BCUT2D eigenvalue weighted by Crippen LogP contribution is 2.31. The first-order valence-electron chi connectivity index (χ1n) is 9.24. The molecule has 1 aromatic carbocycles. The quantitative estimate of drug-likeness (QED) is 0.591. The van der Waals surface area contributed by atoms with E-state index in [1.165, 1.54) is 18.0 Å². The van der Waals surface area contributed by atoms with E-state index in [2.05, 4.69) is 36.9 Å². The number of rotatable bonds is 6. The number of H-pyrrole nitrogens is 1. The van der Waals surface area contributed by atoms with Gasteiger partial charge in [-0.3, -0.25) is 0 Å². The van der Waals surface area contributed by atoms with Crippen molar-refractivity contribution >= 4 is 17.5 Å². The molecule has 10 heteroatoms. The zero-order valence-electron chi connectivity index (χ0n) is 15.7. The average Bonchev–Trinajstić information content (AvgIpc) is 3.51. The van der Waals surface area contributed by atoms with Gasteiger partial charge in [-0.2, -0.15) is 0 Å². The summed E-state index contributed by atoms with van der Waals surface area (Å²) in [5.41, 5.74) is 3.06. The van der Waals surface area contributed by atoms with Crippen molar-refractivity contribution in [2.45, 2.75) is 23.8 Å². The van der Waals surface area contributed by atoms with Gasteiger partial charge in [0.15, 0.2) is 11.6 Å². The van der Waals surface area contributed by atoms with Crippen LogP contribution in [-0.4, -0.2) is 30.8 Å². The topological polar surface area (TPSA) is 112 Å². The van der Waals surface area contributed by atoms with Crippen molar-refractivity contribution in [1.29, 1.82) is 0 Å². The third-order valence-corrected chi connectivity index (χ3v) is 5.32. The highest BCUT2D eigenvalue weighted by molar-refractivity contribution is 7.98. The van der Waals surface area contributed by atoms with Gasteiger partial charge in [0.1, 0.15) is 12.5 Å². The van der Waals surface area contributed by atoms with Gasteiger partial charge in [0.2, 0.25) is 5.76 Å². The molecule has 2 aromatic heterocycles. The second-order valence-electron chi connectivity index (χ2n) is 6.47. The second-order valence-corrected chi connectivity index (χ2v) is 7.40. The van der Waals surface area contributed by atoms with E-state index in [1.54, 1.807) is 6.26 Å². The standard InChI is InChI=1S/C20H16N6O3S/c1-2-6-14(7-3-1)16-10-27-11-17(28-16)19-23-24-20(29-19)30-12-13-5-4-8-15(9-13)18-21-25-26-22-18/h1-2,4-6,8-11H,3,7,12H2,(H,21,22,25,26). The third kappa shape index (κ3) is 4.03. The minimum absolute atomic E-state index is 0.275. The van der Waals surface area contributed by atoms with Crippen LogP contribution in [0.15, 0.2) is 76.0 Å². The van der Waals surface area contributed by atoms with Gasteiger partial charge in [0, 0.05) is 11.3 Å². The van der Waals surface area contributed by atoms with Crippen LogP contribution in [-0.2, 0) is 15.2 Å². The van der Waals surface area contributed by atoms with Crippen molar-refractivity contribution in [2.24, 2.45) is 0 Å². The minimum Gasteiger partial charge on any atom is -0.465 e. The molecule has 0 atom stereocenters. The fourth-order valence-corrected chi connectivity index (χ4v) is 3.68. The molecule has 1 aliphatic carbocycles. The lowest BCUT2D eigenvalue weighted by atomic mass is 10.0. The summed E-state index contributed by atoms with van der Waals surface area (Å²) < 4.78 is 17.1. The largest absolute Gasteiger partial charge is 0.465 e. The zero-order valence-corrected chi connectivity index (χ0v) is 16.5. The van der Waals surface area contributed by atoms with Crippen LogP contribution < -0.4 is 0 Å². The van der Waals surface area contributed by atoms with E-state index >= 15 is 0 Å². The monoisotopic (exact) mass is 420 g/mol. The molecule has 3 aromatic rings. The van der Waals surface area contributed by atoms with Gasteiger partial charge in [-0.1, -0.05) is 48.2 Å². The molecule has 3 heterocycles. The third-order valence-electron chi connectivity index (χ3n) is 4.43. The van der Waals surface area contributed by atoms with Crippen molar-refractivity contribution < 1.29 is 13.9 Å². The predicted octanol–water partition coefficient (Wildman–Crippen LogP) is 4.01. The summed E-state index contributed by atoms with van der Waals surface area (Å²) >= 11 is 1.43. The van der Waals surface area contributed by atoms with Gasteiger partial charge in [-0.25, -0.2) is 5.10 Å². The van der Waals surface area contributed by atoms with Crippen molar-refractivity contribution in [2.75, 3.05) is 0 Å². The average molecular weight is 420 g/mol. The molecule has 1 aliphatic heterocycles. The first-order chi connectivity index (χ1) is 14.8. The first-order valence-corrected chi connectivity index (χ1v) is 10.2. The molecule has 0 unspecified atom stereocenters. The van der Waals surface area contributed by atoms with E-state index in [0.717, 1.165) is 29.5 Å². The molecule has 30 heavy (non-hydrogen) atoms. The molecule has 150 valence electrons. The van der Waals surface area contributed by atoms with Crippen LogP contribution in [0.25, 0.3) is 17.1 Å². The number of nitrogens with one attached hydrogen (secondary N) is 1. The Morgan fingerprint density at radius 3 is 2.93 bits per heavy atom. The van der Waals surface area contributed by atoms with E-state index in [4.69, 9.17) is 13.9 Å². The Labute approximate surface area is 175 Å². The molecule has 0 amide bonds. The van der Waals surface area contributed by atoms with E-state index in [0.29, 0.717) is 28.3 Å². The van der Waals surface area contributed by atoms with Crippen LogP contribution in [0, 0.1) is 0 Å². The van der Waals surface area contributed by atoms with Crippen LogP contribution in [0.2, 0.25) is 0 Å². The predicted molar refractivity (Wildman–Crippen MR) is 108 cm³/mol. The zero-order chi connectivity index (χ0) is 20.2. The van der Waals surface area contributed by atoms with Crippen LogP contribution in [0.4, 0.5) is 0 Å². The number of nitrogens with zero attached hydrogens (tertiary/aromatic N) is 5. The Hall–Kier alpha value is -3.66. The fraction of sp³-hybridized carbons (Fsp3) is 0.150. The molecule has 9 nitrogen and oxygen atoms in total. The van der Waals surface area contributed by atoms with Crippen LogP contribution >= 0.6 is 11.8 Å². The smallest absolute Gasteiger partial charge is 0.287 e. The van der Waals surface area contributed by atoms with Gasteiger partial charge in [0.05, 0.1) is 0 Å². The maximum Gasteiger partial charge on any atom is 0.287 e. The Morgan fingerprint density at radius 2 is 2.07 bits per heavy atom. The Morgan fingerprint density at radius 1 is 1.10 bits per heavy atom. The van der Waals surface area contributed by atoms with E-state index in [1.807, 2.05) is 36.4 Å². The van der Waals surface area contributed by atoms with Crippen molar-refractivity contribution in [3.63, 3.8) is 0 Å². The van der Waals surface area contributed by atoms with Gasteiger partial charge in [-0.15, -0.1) is 15.3 Å². The van der Waals surface area contributed by atoms with Gasteiger partial charge < -0.3 is 13.9 Å². The van der Waals surface area contributed by atoms with Gasteiger partial charge in [0.25, 0.3) is 11.1 Å². The molecular weight excluding hydrogens is 404 g/mol. The summed E-state index contributed by atoms with van der Waals surface area (Å²) in [6, 6.07) is 7.92. The van der Waals surface area contributed by atoms with Crippen molar-refractivity contribution in [1.82, 2.24) is 30.8 Å². The summed E-state index contributed by atoms with van der Waals surface area (Å²) in [6.07, 6.45) is 11.0. The van der Waals surface area contributed by atoms with E-state index in [9.17, 15) is 0 Å². The number of thioether (sulfide) groups is 1. The lowest BCUT2D eigenvalue weighted by Gasteiger charge is -2.17. The maximum atomic E-state index is 5.91. The Bertz CT molecular complexity index is 1160. The van der Waals surface area contributed by atoms with E-state index < -0.39 is 0 Å². The molecule has 0 saturated heterocycles. The van der Waals surface area contributed by atoms with E-state index in [-0.39, 0.29) is 5.89 Å². The molecule has 0 spiro atoms. The van der Waals surface area contributed by atoms with Crippen LogP contribution in [0.1, 0.15) is 24.3 Å². The van der Waals surface area contributed by atoms with Gasteiger partial charge >= 0.3 is 0 Å². The minimum atomic E-state index is 0.275. The number of benzene rings is 1. The molecule has 1 N–H and O–H groups in total. The number of ether oxygens (including phenoxy) is 2. The highest BCUT2D eigenvalue weighted by Gasteiger charge is 2.21. The van der Waals surface area contributed by atoms with Crippen LogP contribution in [0.3, 0.4) is 0 Å². The van der Waals surface area contributed by atoms with Gasteiger partial charge in [-0.05, 0) is 40.5 Å². The summed E-state index contributed by atoms with van der Waals surface area (Å²) in [4.78, 5) is 0. The molecule has 5 rings (SSSR count). The highest BCUT2D eigenvalue weighted by atomic mass is 32.2. The lowest BCUT2D eigenvalue weighted by Crippen LogP contribution is -2.03. The molecular formula is C20H16N6O3S. The van der Waals surface area contributed by atoms with Crippen molar-refractivity contribution in [3.8, 4) is 11.4 Å². The number of hydrogen-bond acceptors (Lipinski definition) is 9. The number of hydrogen-bond donors (Lipinski definition) is 1. The maximum absolute atomic E-state index is 5.91.